The number of halogens is 1. The Balaban J connectivity index is 1.33. The van der Waals surface area contributed by atoms with E-state index < -0.39 is 0 Å². The number of rotatable bonds is 7. The Morgan fingerprint density at radius 1 is 1.12 bits per heavy atom. The Morgan fingerprint density at radius 2 is 1.91 bits per heavy atom. The van der Waals surface area contributed by atoms with E-state index in [1.165, 1.54) is 32.0 Å². The molecule has 176 valence electrons. The zero-order valence-corrected chi connectivity index (χ0v) is 19.5. The molecule has 2 aromatic heterocycles. The van der Waals surface area contributed by atoms with Gasteiger partial charge in [-0.3, -0.25) is 4.90 Å². The number of fused-ring (bicyclic) bond motifs is 1. The SMILES string of the molecule is Cc1cn(C)c(Nc2ccc(OCCN3CCCC3)cc2)nc1=Nc1ccc(F)c2[nH]ccc12. The van der Waals surface area contributed by atoms with Crippen LogP contribution in [0.15, 0.2) is 59.9 Å². The lowest BCUT2D eigenvalue weighted by molar-refractivity contribution is 0.238. The standard InChI is InChI=1S/C26H29FN6O/c1-18-17-32(2)26(31-25(18)30-23-10-9-22(27)24-21(23)11-12-28-24)29-19-5-7-20(8-6-19)34-16-15-33-13-3-4-14-33/h5-12,17,28H,3-4,13-16H2,1-2H3,(H,29,30,31). The van der Waals surface area contributed by atoms with Crippen molar-refractivity contribution in [1.29, 1.82) is 0 Å². The van der Waals surface area contributed by atoms with Gasteiger partial charge in [0.1, 0.15) is 18.2 Å². The first-order valence-corrected chi connectivity index (χ1v) is 11.6. The van der Waals surface area contributed by atoms with E-state index in [-0.39, 0.29) is 5.82 Å². The molecule has 0 spiro atoms. The third kappa shape index (κ3) is 4.82. The average Bonchev–Trinajstić information content (AvgIpc) is 3.53. The van der Waals surface area contributed by atoms with E-state index in [9.17, 15) is 4.39 Å². The fourth-order valence-corrected chi connectivity index (χ4v) is 4.29. The molecule has 8 heteroatoms. The Hall–Kier alpha value is -3.65. The molecule has 3 heterocycles. The molecular formula is C26H29FN6O. The molecule has 4 aromatic rings. The second-order valence-corrected chi connectivity index (χ2v) is 8.67. The van der Waals surface area contributed by atoms with Crippen LogP contribution in [0.2, 0.25) is 0 Å². The van der Waals surface area contributed by atoms with E-state index >= 15 is 0 Å². The first-order valence-electron chi connectivity index (χ1n) is 11.6. The molecule has 0 atom stereocenters. The van der Waals surface area contributed by atoms with Gasteiger partial charge in [0.2, 0.25) is 5.95 Å². The highest BCUT2D eigenvalue weighted by Crippen LogP contribution is 2.27. The summed E-state index contributed by atoms with van der Waals surface area (Å²) in [4.78, 5) is 14.8. The van der Waals surface area contributed by atoms with Crippen molar-refractivity contribution in [3.05, 3.63) is 71.7 Å². The van der Waals surface area contributed by atoms with E-state index in [0.717, 1.165) is 28.9 Å². The summed E-state index contributed by atoms with van der Waals surface area (Å²) < 4.78 is 21.9. The molecule has 2 N–H and O–H groups in total. The van der Waals surface area contributed by atoms with E-state index in [2.05, 4.69) is 15.2 Å². The third-order valence-corrected chi connectivity index (χ3v) is 6.15. The van der Waals surface area contributed by atoms with Gasteiger partial charge >= 0.3 is 0 Å². The van der Waals surface area contributed by atoms with Crippen LogP contribution in [0.1, 0.15) is 18.4 Å². The first kappa shape index (κ1) is 22.2. The predicted octanol–water partition coefficient (Wildman–Crippen LogP) is 4.80. The fraction of sp³-hybridized carbons (Fsp3) is 0.308. The van der Waals surface area contributed by atoms with Gasteiger partial charge < -0.3 is 19.6 Å². The number of hydrogen-bond donors (Lipinski definition) is 2. The molecular weight excluding hydrogens is 431 g/mol. The maximum atomic E-state index is 14.0. The summed E-state index contributed by atoms with van der Waals surface area (Å²) in [5.41, 5.74) is 3.52. The average molecular weight is 461 g/mol. The number of aromatic nitrogens is 3. The lowest BCUT2D eigenvalue weighted by atomic mass is 10.2. The summed E-state index contributed by atoms with van der Waals surface area (Å²) in [5, 5.41) is 4.08. The number of nitrogens with zero attached hydrogens (tertiary/aromatic N) is 4. The van der Waals surface area contributed by atoms with Gasteiger partial charge in [-0.05, 0) is 75.3 Å². The Kier molecular flexibility index (Phi) is 6.31. The predicted molar refractivity (Wildman–Crippen MR) is 132 cm³/mol. The van der Waals surface area contributed by atoms with Crippen LogP contribution in [0, 0.1) is 12.7 Å². The quantitative estimate of drug-likeness (QED) is 0.416. The molecule has 5 rings (SSSR count). The van der Waals surface area contributed by atoms with Crippen molar-refractivity contribution in [2.75, 3.05) is 31.6 Å². The van der Waals surface area contributed by atoms with Crippen LogP contribution in [-0.4, -0.2) is 45.7 Å². The van der Waals surface area contributed by atoms with Crippen molar-refractivity contribution >= 4 is 28.2 Å². The number of H-pyrrole nitrogens is 1. The lowest BCUT2D eigenvalue weighted by Gasteiger charge is -2.15. The summed E-state index contributed by atoms with van der Waals surface area (Å²) in [5.74, 6) is 1.21. The van der Waals surface area contributed by atoms with E-state index in [4.69, 9.17) is 14.7 Å². The summed E-state index contributed by atoms with van der Waals surface area (Å²) in [6.07, 6.45) is 6.27. The summed E-state index contributed by atoms with van der Waals surface area (Å²) >= 11 is 0. The van der Waals surface area contributed by atoms with Gasteiger partial charge in [0, 0.05) is 42.6 Å². The molecule has 1 fully saturated rings. The maximum Gasteiger partial charge on any atom is 0.209 e. The normalized spacial score (nSPS) is 14.7. The highest BCUT2D eigenvalue weighted by atomic mass is 19.1. The number of nitrogens with one attached hydrogen (secondary N) is 2. The molecule has 0 bridgehead atoms. The number of ether oxygens (including phenoxy) is 1. The van der Waals surface area contributed by atoms with Crippen molar-refractivity contribution < 1.29 is 9.13 Å². The van der Waals surface area contributed by atoms with Crippen molar-refractivity contribution in [3.63, 3.8) is 0 Å². The summed E-state index contributed by atoms with van der Waals surface area (Å²) in [6, 6.07) is 12.8. The van der Waals surface area contributed by atoms with Crippen LogP contribution in [0.3, 0.4) is 0 Å². The minimum absolute atomic E-state index is 0.297. The second kappa shape index (κ2) is 9.69. The largest absolute Gasteiger partial charge is 0.492 e. The van der Waals surface area contributed by atoms with Gasteiger partial charge in [0.05, 0.1) is 11.2 Å². The molecule has 1 aliphatic rings. The van der Waals surface area contributed by atoms with E-state index in [1.807, 2.05) is 55.1 Å². The first-order chi connectivity index (χ1) is 16.6. The number of aryl methyl sites for hydroxylation is 2. The number of anilines is 2. The van der Waals surface area contributed by atoms with Gasteiger partial charge in [-0.1, -0.05) is 0 Å². The molecule has 1 saturated heterocycles. The molecule has 0 aliphatic carbocycles. The molecule has 34 heavy (non-hydrogen) atoms. The summed E-state index contributed by atoms with van der Waals surface area (Å²) in [7, 11) is 1.93. The van der Waals surface area contributed by atoms with Crippen molar-refractivity contribution in [2.45, 2.75) is 19.8 Å². The summed E-state index contributed by atoms with van der Waals surface area (Å²) in [6.45, 7) is 5.99. The molecule has 1 aliphatic heterocycles. The van der Waals surface area contributed by atoms with E-state index in [0.29, 0.717) is 29.2 Å². The zero-order valence-electron chi connectivity index (χ0n) is 19.5. The molecule has 2 aromatic carbocycles. The minimum atomic E-state index is -0.297. The number of aromatic amines is 1. The Bertz CT molecular complexity index is 1350. The van der Waals surface area contributed by atoms with Gasteiger partial charge in [-0.25, -0.2) is 9.38 Å². The third-order valence-electron chi connectivity index (χ3n) is 6.15. The second-order valence-electron chi connectivity index (χ2n) is 8.67. The van der Waals surface area contributed by atoms with Gasteiger partial charge in [0.25, 0.3) is 0 Å². The van der Waals surface area contributed by atoms with Gasteiger partial charge in [-0.15, -0.1) is 0 Å². The lowest BCUT2D eigenvalue weighted by Crippen LogP contribution is -2.25. The smallest absolute Gasteiger partial charge is 0.209 e. The van der Waals surface area contributed by atoms with Crippen molar-refractivity contribution in [2.24, 2.45) is 12.0 Å². The van der Waals surface area contributed by atoms with Crippen LogP contribution in [-0.2, 0) is 7.05 Å². The fourth-order valence-electron chi connectivity index (χ4n) is 4.29. The Labute approximate surface area is 197 Å². The molecule has 0 radical (unpaired) electrons. The van der Waals surface area contributed by atoms with Crippen LogP contribution in [0.25, 0.3) is 10.9 Å². The highest BCUT2D eigenvalue weighted by Gasteiger charge is 2.11. The number of likely N-dealkylation sites (tertiary alicyclic amines) is 1. The molecule has 0 unspecified atom stereocenters. The molecule has 0 amide bonds. The van der Waals surface area contributed by atoms with Crippen molar-refractivity contribution in [1.82, 2.24) is 19.4 Å². The van der Waals surface area contributed by atoms with E-state index in [1.54, 1.807) is 12.3 Å². The Morgan fingerprint density at radius 3 is 2.71 bits per heavy atom. The monoisotopic (exact) mass is 460 g/mol. The number of hydrogen-bond acceptors (Lipinski definition) is 5. The minimum Gasteiger partial charge on any atom is -0.492 e. The van der Waals surface area contributed by atoms with Crippen LogP contribution >= 0.6 is 0 Å². The van der Waals surface area contributed by atoms with Crippen molar-refractivity contribution in [3.8, 4) is 5.75 Å². The maximum absolute atomic E-state index is 14.0. The topological polar surface area (TPSA) is 70.5 Å². The van der Waals surface area contributed by atoms with Gasteiger partial charge in [0.15, 0.2) is 5.49 Å². The zero-order chi connectivity index (χ0) is 23.5. The van der Waals surface area contributed by atoms with Crippen LogP contribution in [0.4, 0.5) is 21.7 Å². The molecule has 7 nitrogen and oxygen atoms in total. The molecule has 0 saturated carbocycles. The highest BCUT2D eigenvalue weighted by molar-refractivity contribution is 5.90. The van der Waals surface area contributed by atoms with Crippen LogP contribution < -0.4 is 15.5 Å². The van der Waals surface area contributed by atoms with Crippen LogP contribution in [0.5, 0.6) is 5.75 Å². The number of benzene rings is 2. The van der Waals surface area contributed by atoms with Gasteiger partial charge in [-0.2, -0.15) is 4.98 Å².